The summed E-state index contributed by atoms with van der Waals surface area (Å²) < 4.78 is 28.5. The Morgan fingerprint density at radius 1 is 0.538 bits per heavy atom. The lowest BCUT2D eigenvalue weighted by molar-refractivity contribution is -0.162. The van der Waals surface area contributed by atoms with Crippen molar-refractivity contribution < 1.29 is 33.3 Å². The van der Waals surface area contributed by atoms with Crippen LogP contribution in [0.25, 0.3) is 0 Å². The summed E-state index contributed by atoms with van der Waals surface area (Å²) in [6.07, 6.45) is 21.4. The molecule has 3 heterocycles. The summed E-state index contributed by atoms with van der Waals surface area (Å²) in [5.74, 6) is -1.43. The topological polar surface area (TPSA) is 90.2 Å². The monoisotopic (exact) mass is 550 g/mol. The van der Waals surface area contributed by atoms with Crippen LogP contribution in [0, 0.1) is 11.8 Å². The standard InChI is InChI=1S/C32H54O7/c1-3-5-7-9-15-25-27(37-25)17-11-13-19-35-31(33)23-21-29-30(39-29)22-24(23)32(34)36-20-14-12-18-28-26(38-28)16-10-8-6-4-2/h23-30H,3-22H2,1-2H3. The second-order valence-corrected chi connectivity index (χ2v) is 12.3. The van der Waals surface area contributed by atoms with Gasteiger partial charge in [0.05, 0.1) is 61.7 Å². The minimum absolute atomic E-state index is 0.0985. The maximum absolute atomic E-state index is 12.9. The van der Waals surface area contributed by atoms with Crippen LogP contribution in [0.1, 0.15) is 129 Å². The number of hydrogen-bond acceptors (Lipinski definition) is 7. The van der Waals surface area contributed by atoms with Gasteiger partial charge in [-0.1, -0.05) is 65.2 Å². The number of unbranched alkanes of at least 4 members (excludes halogenated alkanes) is 8. The van der Waals surface area contributed by atoms with E-state index in [1.807, 2.05) is 0 Å². The van der Waals surface area contributed by atoms with E-state index in [4.69, 9.17) is 23.7 Å². The Morgan fingerprint density at radius 2 is 0.923 bits per heavy atom. The normalized spacial score (nSPS) is 32.4. The van der Waals surface area contributed by atoms with Gasteiger partial charge in [0, 0.05) is 0 Å². The van der Waals surface area contributed by atoms with E-state index in [0.29, 0.717) is 50.5 Å². The fraction of sp³-hybridized carbons (Fsp3) is 0.938. The van der Waals surface area contributed by atoms with Crippen molar-refractivity contribution in [2.75, 3.05) is 13.2 Å². The van der Waals surface area contributed by atoms with E-state index >= 15 is 0 Å². The largest absolute Gasteiger partial charge is 0.465 e. The zero-order valence-electron chi connectivity index (χ0n) is 24.6. The molecule has 4 aliphatic rings. The molecule has 0 amide bonds. The predicted octanol–water partition coefficient (Wildman–Crippen LogP) is 6.68. The van der Waals surface area contributed by atoms with E-state index in [1.54, 1.807) is 0 Å². The first-order valence-electron chi connectivity index (χ1n) is 16.4. The maximum Gasteiger partial charge on any atom is 0.309 e. The van der Waals surface area contributed by atoms with E-state index in [9.17, 15) is 9.59 Å². The average molecular weight is 551 g/mol. The van der Waals surface area contributed by atoms with Crippen LogP contribution >= 0.6 is 0 Å². The van der Waals surface area contributed by atoms with Gasteiger partial charge in [-0.25, -0.2) is 0 Å². The maximum atomic E-state index is 12.9. The van der Waals surface area contributed by atoms with Crippen LogP contribution in [0.3, 0.4) is 0 Å². The molecule has 0 bridgehead atoms. The second-order valence-electron chi connectivity index (χ2n) is 12.3. The highest BCUT2D eigenvalue weighted by molar-refractivity contribution is 5.82. The average Bonchev–Trinajstić information content (AvgIpc) is 3.84. The van der Waals surface area contributed by atoms with Gasteiger partial charge < -0.3 is 23.7 Å². The molecule has 1 saturated carbocycles. The van der Waals surface area contributed by atoms with Crippen molar-refractivity contribution in [1.82, 2.24) is 0 Å². The molecule has 8 atom stereocenters. The quantitative estimate of drug-likeness (QED) is 0.0843. The number of fused-ring (bicyclic) bond motifs is 1. The highest BCUT2D eigenvalue weighted by atomic mass is 16.6. The SMILES string of the molecule is CCCCCCC1OC1CCCCOC(=O)C1CC2OC2CC1C(=O)OCCCCC1OC1CCCCCC. The Morgan fingerprint density at radius 3 is 1.31 bits per heavy atom. The third-order valence-electron chi connectivity index (χ3n) is 9.07. The van der Waals surface area contributed by atoms with Crippen molar-refractivity contribution >= 4 is 11.9 Å². The van der Waals surface area contributed by atoms with Gasteiger partial charge in [-0.3, -0.25) is 9.59 Å². The molecule has 3 saturated heterocycles. The summed E-state index contributed by atoms with van der Waals surface area (Å²) in [6.45, 7) is 5.28. The van der Waals surface area contributed by atoms with Crippen molar-refractivity contribution in [3.8, 4) is 0 Å². The smallest absolute Gasteiger partial charge is 0.309 e. The number of ether oxygens (including phenoxy) is 5. The van der Waals surface area contributed by atoms with Crippen LogP contribution in [-0.4, -0.2) is 61.8 Å². The van der Waals surface area contributed by atoms with Gasteiger partial charge in [0.25, 0.3) is 0 Å². The van der Waals surface area contributed by atoms with Crippen molar-refractivity contribution in [3.05, 3.63) is 0 Å². The molecule has 0 aromatic carbocycles. The molecule has 7 heteroatoms. The minimum Gasteiger partial charge on any atom is -0.465 e. The summed E-state index contributed by atoms with van der Waals surface area (Å²) in [4.78, 5) is 25.8. The first-order valence-corrected chi connectivity index (χ1v) is 16.4. The zero-order chi connectivity index (χ0) is 27.5. The number of hydrogen-bond donors (Lipinski definition) is 0. The lowest BCUT2D eigenvalue weighted by atomic mass is 9.79. The molecule has 7 nitrogen and oxygen atoms in total. The van der Waals surface area contributed by atoms with Gasteiger partial charge in [-0.2, -0.15) is 0 Å². The minimum atomic E-state index is -0.450. The van der Waals surface area contributed by atoms with Crippen LogP contribution in [0.2, 0.25) is 0 Å². The molecule has 4 fully saturated rings. The number of carbonyl (C=O) groups excluding carboxylic acids is 2. The molecular formula is C32H54O7. The lowest BCUT2D eigenvalue weighted by Crippen LogP contribution is -2.37. The molecule has 1 aliphatic carbocycles. The first kappa shape index (κ1) is 30.8. The third-order valence-corrected chi connectivity index (χ3v) is 9.07. The van der Waals surface area contributed by atoms with Gasteiger partial charge in [0.1, 0.15) is 0 Å². The van der Waals surface area contributed by atoms with E-state index in [2.05, 4.69) is 13.8 Å². The van der Waals surface area contributed by atoms with Gasteiger partial charge >= 0.3 is 11.9 Å². The van der Waals surface area contributed by atoms with Gasteiger partial charge in [0.15, 0.2) is 0 Å². The molecule has 0 N–H and O–H groups in total. The molecular weight excluding hydrogens is 496 g/mol. The summed E-state index contributed by atoms with van der Waals surface area (Å²) in [5, 5.41) is 0. The van der Waals surface area contributed by atoms with Crippen molar-refractivity contribution in [1.29, 1.82) is 0 Å². The number of rotatable bonds is 22. The molecule has 8 unspecified atom stereocenters. The van der Waals surface area contributed by atoms with Crippen LogP contribution < -0.4 is 0 Å². The lowest BCUT2D eigenvalue weighted by Gasteiger charge is -2.26. The zero-order valence-corrected chi connectivity index (χ0v) is 24.6. The highest BCUT2D eigenvalue weighted by Gasteiger charge is 2.53. The Hall–Kier alpha value is -1.18. The molecule has 0 spiro atoms. The molecule has 224 valence electrons. The number of epoxide rings is 3. The van der Waals surface area contributed by atoms with Crippen LogP contribution in [-0.2, 0) is 33.3 Å². The molecule has 4 rings (SSSR count). The van der Waals surface area contributed by atoms with E-state index in [-0.39, 0.29) is 24.1 Å². The van der Waals surface area contributed by atoms with Crippen LogP contribution in [0.4, 0.5) is 0 Å². The van der Waals surface area contributed by atoms with E-state index in [1.165, 1.54) is 64.2 Å². The molecule has 0 aromatic rings. The van der Waals surface area contributed by atoms with Crippen molar-refractivity contribution in [2.24, 2.45) is 11.8 Å². The Labute approximate surface area is 236 Å². The van der Waals surface area contributed by atoms with Gasteiger partial charge in [-0.05, 0) is 64.2 Å². The predicted molar refractivity (Wildman–Crippen MR) is 149 cm³/mol. The summed E-state index contributed by atoms with van der Waals surface area (Å²) in [5.41, 5.74) is 0. The molecule has 0 aromatic heterocycles. The Balaban J connectivity index is 1.03. The van der Waals surface area contributed by atoms with E-state index < -0.39 is 11.8 Å². The van der Waals surface area contributed by atoms with Crippen LogP contribution in [0.5, 0.6) is 0 Å². The second kappa shape index (κ2) is 16.3. The molecule has 0 radical (unpaired) electrons. The summed E-state index contributed by atoms with van der Waals surface area (Å²) >= 11 is 0. The fourth-order valence-electron chi connectivity index (χ4n) is 6.32. The summed E-state index contributed by atoms with van der Waals surface area (Å²) in [6, 6.07) is 0. The van der Waals surface area contributed by atoms with Crippen molar-refractivity contribution in [2.45, 2.75) is 166 Å². The van der Waals surface area contributed by atoms with Crippen LogP contribution in [0.15, 0.2) is 0 Å². The summed E-state index contributed by atoms with van der Waals surface area (Å²) in [7, 11) is 0. The highest BCUT2D eigenvalue weighted by Crippen LogP contribution is 2.44. The fourth-order valence-corrected chi connectivity index (χ4v) is 6.32. The Bertz CT molecular complexity index is 682. The Kier molecular flexibility index (Phi) is 12.9. The van der Waals surface area contributed by atoms with Crippen molar-refractivity contribution in [3.63, 3.8) is 0 Å². The molecule has 3 aliphatic heterocycles. The van der Waals surface area contributed by atoms with Gasteiger partial charge in [-0.15, -0.1) is 0 Å². The van der Waals surface area contributed by atoms with Gasteiger partial charge in [0.2, 0.25) is 0 Å². The number of esters is 2. The number of carbonyl (C=O) groups is 2. The van der Waals surface area contributed by atoms with E-state index in [0.717, 1.165) is 38.5 Å². The third kappa shape index (κ3) is 10.6. The molecule has 39 heavy (non-hydrogen) atoms. The first-order chi connectivity index (χ1) is 19.1.